The molecule has 3 nitrogen and oxygen atoms in total. The predicted molar refractivity (Wildman–Crippen MR) is 73.2 cm³/mol. The summed E-state index contributed by atoms with van der Waals surface area (Å²) in [5, 5.41) is 2.90. The zero-order valence-electron chi connectivity index (χ0n) is 11.5. The minimum absolute atomic E-state index is 0.0390. The van der Waals surface area contributed by atoms with E-state index < -0.39 is 11.0 Å². The normalized spacial score (nSPS) is 17.7. The molecule has 0 saturated heterocycles. The summed E-state index contributed by atoms with van der Waals surface area (Å²) in [5.74, 6) is -0.335. The van der Waals surface area contributed by atoms with E-state index in [1.165, 1.54) is 12.1 Å². The molecule has 0 atom stereocenters. The third-order valence-corrected chi connectivity index (χ3v) is 3.72. The van der Waals surface area contributed by atoms with Crippen molar-refractivity contribution in [3.05, 3.63) is 35.6 Å². The summed E-state index contributed by atoms with van der Waals surface area (Å²) in [4.78, 5) is 12.4. The fourth-order valence-corrected chi connectivity index (χ4v) is 2.44. The second-order valence-electron chi connectivity index (χ2n) is 6.12. The first-order chi connectivity index (χ1) is 8.83. The van der Waals surface area contributed by atoms with Crippen molar-refractivity contribution in [3.63, 3.8) is 0 Å². The molecule has 0 heterocycles. The van der Waals surface area contributed by atoms with E-state index in [0.717, 1.165) is 24.8 Å². The maximum Gasteiger partial charge on any atom is 0.230 e. The molecular formula is C15H21FN2O. The molecular weight excluding hydrogens is 243 g/mol. The summed E-state index contributed by atoms with van der Waals surface area (Å²) in [5.41, 5.74) is 5.64. The minimum atomic E-state index is -0.562. The average Bonchev–Trinajstić information content (AvgIpc) is 2.24. The van der Waals surface area contributed by atoms with Gasteiger partial charge in [0.25, 0.3) is 0 Å². The van der Waals surface area contributed by atoms with Crippen molar-refractivity contribution in [2.24, 2.45) is 5.73 Å². The first-order valence-corrected chi connectivity index (χ1v) is 6.67. The lowest BCUT2D eigenvalue weighted by Crippen LogP contribution is -2.53. The Bertz CT molecular complexity index is 475. The molecule has 1 amide bonds. The van der Waals surface area contributed by atoms with Crippen molar-refractivity contribution in [1.29, 1.82) is 0 Å². The monoisotopic (exact) mass is 264 g/mol. The molecule has 0 radical (unpaired) electrons. The maximum atomic E-state index is 13.3. The summed E-state index contributed by atoms with van der Waals surface area (Å²) < 4.78 is 13.3. The van der Waals surface area contributed by atoms with Gasteiger partial charge in [0, 0.05) is 12.1 Å². The predicted octanol–water partition coefficient (Wildman–Crippen LogP) is 2.10. The molecule has 1 aromatic rings. The van der Waals surface area contributed by atoms with Gasteiger partial charge in [-0.15, -0.1) is 0 Å². The van der Waals surface area contributed by atoms with Crippen LogP contribution in [0.4, 0.5) is 4.39 Å². The summed E-state index contributed by atoms with van der Waals surface area (Å²) >= 11 is 0. The molecule has 19 heavy (non-hydrogen) atoms. The number of nitrogens with two attached hydrogens (primary N) is 1. The lowest BCUT2D eigenvalue weighted by Gasteiger charge is -2.41. The number of hydrogen-bond donors (Lipinski definition) is 2. The number of nitrogens with one attached hydrogen (secondary N) is 1. The van der Waals surface area contributed by atoms with Gasteiger partial charge in [-0.3, -0.25) is 4.79 Å². The molecule has 1 aromatic carbocycles. The quantitative estimate of drug-likeness (QED) is 0.875. The molecule has 1 aliphatic carbocycles. The van der Waals surface area contributed by atoms with Gasteiger partial charge in [-0.1, -0.05) is 18.6 Å². The topological polar surface area (TPSA) is 55.1 Å². The summed E-state index contributed by atoms with van der Waals surface area (Å²) in [6.45, 7) is 4.15. The number of amides is 1. The average molecular weight is 264 g/mol. The van der Waals surface area contributed by atoms with Crippen molar-refractivity contribution in [1.82, 2.24) is 5.32 Å². The Balaban J connectivity index is 2.16. The minimum Gasteiger partial charge on any atom is -0.354 e. The van der Waals surface area contributed by atoms with Crippen LogP contribution in [0.25, 0.3) is 0 Å². The van der Waals surface area contributed by atoms with Gasteiger partial charge in [0.1, 0.15) is 5.82 Å². The number of halogens is 1. The van der Waals surface area contributed by atoms with Gasteiger partial charge in [0.15, 0.2) is 0 Å². The zero-order chi connectivity index (χ0) is 14.1. The molecule has 0 aliphatic heterocycles. The van der Waals surface area contributed by atoms with Gasteiger partial charge in [-0.05, 0) is 44.4 Å². The van der Waals surface area contributed by atoms with E-state index in [4.69, 9.17) is 5.73 Å². The highest BCUT2D eigenvalue weighted by atomic mass is 19.1. The van der Waals surface area contributed by atoms with Crippen LogP contribution in [-0.2, 0) is 10.2 Å². The zero-order valence-corrected chi connectivity index (χ0v) is 11.5. The second-order valence-corrected chi connectivity index (χ2v) is 6.12. The van der Waals surface area contributed by atoms with E-state index in [-0.39, 0.29) is 11.7 Å². The van der Waals surface area contributed by atoms with Crippen LogP contribution in [0.2, 0.25) is 0 Å². The fourth-order valence-electron chi connectivity index (χ4n) is 2.44. The van der Waals surface area contributed by atoms with E-state index >= 15 is 0 Å². The standard InChI is InChI=1S/C15H21FN2O/c1-14(2,17)10-18-13(19)15(7-4-8-15)11-5-3-6-12(16)9-11/h3,5-6,9H,4,7-8,10,17H2,1-2H3,(H,18,19). The molecule has 104 valence electrons. The lowest BCUT2D eigenvalue weighted by molar-refractivity contribution is -0.130. The van der Waals surface area contributed by atoms with Crippen LogP contribution in [0.1, 0.15) is 38.7 Å². The molecule has 0 spiro atoms. The van der Waals surface area contributed by atoms with Crippen molar-refractivity contribution in [2.45, 2.75) is 44.1 Å². The van der Waals surface area contributed by atoms with Crippen LogP contribution in [0.5, 0.6) is 0 Å². The van der Waals surface area contributed by atoms with E-state index in [1.54, 1.807) is 6.07 Å². The van der Waals surface area contributed by atoms with Gasteiger partial charge < -0.3 is 11.1 Å². The van der Waals surface area contributed by atoms with Gasteiger partial charge in [-0.25, -0.2) is 4.39 Å². The molecule has 0 bridgehead atoms. The second kappa shape index (κ2) is 4.93. The lowest BCUT2D eigenvalue weighted by atomic mass is 9.63. The van der Waals surface area contributed by atoms with Crippen molar-refractivity contribution in [3.8, 4) is 0 Å². The van der Waals surface area contributed by atoms with Crippen molar-refractivity contribution < 1.29 is 9.18 Å². The van der Waals surface area contributed by atoms with Crippen LogP contribution in [0.3, 0.4) is 0 Å². The molecule has 4 heteroatoms. The third-order valence-electron chi connectivity index (χ3n) is 3.72. The summed E-state index contributed by atoms with van der Waals surface area (Å²) in [7, 11) is 0. The van der Waals surface area contributed by atoms with Crippen LogP contribution in [0, 0.1) is 5.82 Å². The molecule has 0 unspecified atom stereocenters. The number of benzene rings is 1. The number of rotatable bonds is 4. The number of hydrogen-bond acceptors (Lipinski definition) is 2. The highest BCUT2D eigenvalue weighted by Crippen LogP contribution is 2.44. The first-order valence-electron chi connectivity index (χ1n) is 6.67. The Morgan fingerprint density at radius 3 is 2.63 bits per heavy atom. The Hall–Kier alpha value is -1.42. The first kappa shape index (κ1) is 14.0. The molecule has 2 rings (SSSR count). The van der Waals surface area contributed by atoms with Crippen LogP contribution in [0.15, 0.2) is 24.3 Å². The van der Waals surface area contributed by atoms with Gasteiger partial charge in [-0.2, -0.15) is 0 Å². The highest BCUT2D eigenvalue weighted by molar-refractivity contribution is 5.89. The van der Waals surface area contributed by atoms with Crippen LogP contribution >= 0.6 is 0 Å². The molecule has 0 aromatic heterocycles. The van der Waals surface area contributed by atoms with Crippen molar-refractivity contribution >= 4 is 5.91 Å². The number of carbonyl (C=O) groups excluding carboxylic acids is 1. The smallest absolute Gasteiger partial charge is 0.230 e. The summed E-state index contributed by atoms with van der Waals surface area (Å²) in [6.07, 6.45) is 2.54. The van der Waals surface area contributed by atoms with E-state index in [9.17, 15) is 9.18 Å². The Morgan fingerprint density at radius 2 is 2.16 bits per heavy atom. The van der Waals surface area contributed by atoms with E-state index in [0.29, 0.717) is 6.54 Å². The molecule has 3 N–H and O–H groups in total. The molecule has 1 saturated carbocycles. The Kier molecular flexibility index (Phi) is 3.63. The number of carbonyl (C=O) groups is 1. The van der Waals surface area contributed by atoms with Gasteiger partial charge >= 0.3 is 0 Å². The van der Waals surface area contributed by atoms with Crippen LogP contribution in [-0.4, -0.2) is 18.0 Å². The SMILES string of the molecule is CC(C)(N)CNC(=O)C1(c2cccc(F)c2)CCC1. The summed E-state index contributed by atoms with van der Waals surface area (Å²) in [6, 6.07) is 6.35. The van der Waals surface area contributed by atoms with Crippen LogP contribution < -0.4 is 11.1 Å². The molecule has 1 fully saturated rings. The maximum absolute atomic E-state index is 13.3. The van der Waals surface area contributed by atoms with Gasteiger partial charge in [0.2, 0.25) is 5.91 Å². The van der Waals surface area contributed by atoms with E-state index in [1.807, 2.05) is 19.9 Å². The largest absolute Gasteiger partial charge is 0.354 e. The highest BCUT2D eigenvalue weighted by Gasteiger charge is 2.45. The van der Waals surface area contributed by atoms with Gasteiger partial charge in [0.05, 0.1) is 5.41 Å². The Morgan fingerprint density at radius 1 is 1.47 bits per heavy atom. The van der Waals surface area contributed by atoms with Crippen molar-refractivity contribution in [2.75, 3.05) is 6.54 Å². The van der Waals surface area contributed by atoms with E-state index in [2.05, 4.69) is 5.32 Å². The third kappa shape index (κ3) is 2.95. The molecule has 1 aliphatic rings. The fraction of sp³-hybridized carbons (Fsp3) is 0.533. The Labute approximate surface area is 113 Å².